The lowest BCUT2D eigenvalue weighted by atomic mass is 10.1. The van der Waals surface area contributed by atoms with E-state index in [1.807, 2.05) is 63.2 Å². The zero-order valence-electron chi connectivity index (χ0n) is 16.4. The molecule has 0 spiro atoms. The Morgan fingerprint density at radius 3 is 2.41 bits per heavy atom. The standard InChI is InChI=1S/C20H22N6O3/c1-12-7-9-15(10-8-12)22-20(18-19(21)25-29-24-18)26-28-11-16(27)23-17-13(2)5-4-6-14(17)3/h4-10H,11H2,1-3H3,(H2,21,25)(H,22,26)(H,23,27). The van der Waals surface area contributed by atoms with Crippen LogP contribution in [0.3, 0.4) is 0 Å². The second kappa shape index (κ2) is 8.98. The molecule has 150 valence electrons. The number of nitrogen functional groups attached to an aromatic ring is 1. The van der Waals surface area contributed by atoms with E-state index in [0.717, 1.165) is 22.4 Å². The minimum atomic E-state index is -0.323. The van der Waals surface area contributed by atoms with Gasteiger partial charge in [-0.05, 0) is 54.3 Å². The van der Waals surface area contributed by atoms with Crippen molar-refractivity contribution in [2.45, 2.75) is 20.8 Å². The number of nitrogens with zero attached hydrogens (tertiary/aromatic N) is 3. The average molecular weight is 394 g/mol. The summed E-state index contributed by atoms with van der Waals surface area (Å²) < 4.78 is 4.64. The fourth-order valence-electron chi connectivity index (χ4n) is 2.59. The molecule has 4 N–H and O–H groups in total. The number of hydroxylamine groups is 1. The molecule has 1 amide bonds. The average Bonchev–Trinajstić information content (AvgIpc) is 3.11. The summed E-state index contributed by atoms with van der Waals surface area (Å²) in [5.74, 6) is -0.102. The summed E-state index contributed by atoms with van der Waals surface area (Å²) in [6, 6.07) is 13.3. The van der Waals surface area contributed by atoms with Gasteiger partial charge in [0.1, 0.15) is 0 Å². The number of anilines is 2. The Balaban J connectivity index is 1.68. The van der Waals surface area contributed by atoms with Crippen LogP contribution in [0.1, 0.15) is 22.4 Å². The maximum absolute atomic E-state index is 12.3. The van der Waals surface area contributed by atoms with Crippen molar-refractivity contribution in [3.05, 3.63) is 64.8 Å². The summed E-state index contributed by atoms with van der Waals surface area (Å²) in [5, 5.41) is 10.1. The first-order valence-corrected chi connectivity index (χ1v) is 8.91. The van der Waals surface area contributed by atoms with Crippen molar-refractivity contribution in [2.24, 2.45) is 4.99 Å². The molecule has 0 atom stereocenters. The molecule has 3 aromatic rings. The molecule has 29 heavy (non-hydrogen) atoms. The predicted molar refractivity (Wildman–Crippen MR) is 110 cm³/mol. The molecule has 1 heterocycles. The van der Waals surface area contributed by atoms with E-state index in [1.165, 1.54) is 0 Å². The van der Waals surface area contributed by atoms with Gasteiger partial charge in [0, 0.05) is 5.69 Å². The quantitative estimate of drug-likeness (QED) is 0.333. The highest BCUT2D eigenvalue weighted by Gasteiger charge is 2.16. The fraction of sp³-hybridized carbons (Fsp3) is 0.200. The largest absolute Gasteiger partial charge is 0.379 e. The van der Waals surface area contributed by atoms with E-state index < -0.39 is 0 Å². The number of benzene rings is 2. The maximum Gasteiger partial charge on any atom is 0.253 e. The zero-order valence-corrected chi connectivity index (χ0v) is 16.4. The van der Waals surface area contributed by atoms with Crippen molar-refractivity contribution in [3.63, 3.8) is 0 Å². The second-order valence-electron chi connectivity index (χ2n) is 6.50. The molecule has 2 aromatic carbocycles. The van der Waals surface area contributed by atoms with E-state index in [2.05, 4.69) is 30.7 Å². The molecule has 0 fully saturated rings. The van der Waals surface area contributed by atoms with Crippen molar-refractivity contribution in [1.29, 1.82) is 0 Å². The number of amidine groups is 1. The molecule has 0 saturated heterocycles. The Morgan fingerprint density at radius 1 is 1.10 bits per heavy atom. The lowest BCUT2D eigenvalue weighted by Crippen LogP contribution is -2.30. The molecule has 0 aliphatic carbocycles. The topological polar surface area (TPSA) is 128 Å². The number of rotatable bonds is 6. The fourth-order valence-corrected chi connectivity index (χ4v) is 2.59. The molecule has 9 heteroatoms. The van der Waals surface area contributed by atoms with Crippen LogP contribution in [0.4, 0.5) is 17.2 Å². The van der Waals surface area contributed by atoms with Gasteiger partial charge >= 0.3 is 0 Å². The number of aryl methyl sites for hydroxylation is 3. The molecule has 0 radical (unpaired) electrons. The Kier molecular flexibility index (Phi) is 6.20. The summed E-state index contributed by atoms with van der Waals surface area (Å²) in [6.07, 6.45) is 0. The summed E-state index contributed by atoms with van der Waals surface area (Å²) in [7, 11) is 0. The summed E-state index contributed by atoms with van der Waals surface area (Å²) in [5.41, 5.74) is 13.0. The molecule has 0 saturated carbocycles. The van der Waals surface area contributed by atoms with Gasteiger partial charge in [0.25, 0.3) is 5.91 Å². The number of aliphatic imine (C=N–C) groups is 1. The van der Waals surface area contributed by atoms with Crippen LogP contribution in [0.5, 0.6) is 0 Å². The smallest absolute Gasteiger partial charge is 0.253 e. The highest BCUT2D eigenvalue weighted by molar-refractivity contribution is 6.01. The third-order valence-electron chi connectivity index (χ3n) is 4.13. The third-order valence-corrected chi connectivity index (χ3v) is 4.13. The van der Waals surface area contributed by atoms with Gasteiger partial charge in [0.05, 0.1) is 5.69 Å². The molecular weight excluding hydrogens is 372 g/mol. The van der Waals surface area contributed by atoms with Crippen molar-refractivity contribution >= 4 is 28.9 Å². The minimum Gasteiger partial charge on any atom is -0.379 e. The summed E-state index contributed by atoms with van der Waals surface area (Å²) >= 11 is 0. The molecule has 1 aromatic heterocycles. The van der Waals surface area contributed by atoms with Crippen LogP contribution < -0.4 is 16.5 Å². The van der Waals surface area contributed by atoms with E-state index in [0.29, 0.717) is 5.69 Å². The van der Waals surface area contributed by atoms with Crippen LogP contribution in [0.2, 0.25) is 0 Å². The highest BCUT2D eigenvalue weighted by atomic mass is 16.6. The van der Waals surface area contributed by atoms with Gasteiger partial charge in [-0.3, -0.25) is 9.63 Å². The molecule has 0 bridgehead atoms. The number of amides is 1. The normalized spacial score (nSPS) is 11.3. The van der Waals surface area contributed by atoms with Crippen LogP contribution >= 0.6 is 0 Å². The van der Waals surface area contributed by atoms with Crippen LogP contribution in [0.15, 0.2) is 52.1 Å². The van der Waals surface area contributed by atoms with E-state index in [1.54, 1.807) is 0 Å². The SMILES string of the molecule is Cc1ccc(N=C(NOCC(=O)Nc2c(C)cccc2C)c2nonc2N)cc1. The van der Waals surface area contributed by atoms with Crippen LogP contribution in [0, 0.1) is 20.8 Å². The Morgan fingerprint density at radius 2 is 1.79 bits per heavy atom. The number of nitrogens with one attached hydrogen (secondary N) is 2. The van der Waals surface area contributed by atoms with Crippen molar-refractivity contribution < 1.29 is 14.3 Å². The zero-order chi connectivity index (χ0) is 20.8. The van der Waals surface area contributed by atoms with E-state index >= 15 is 0 Å². The van der Waals surface area contributed by atoms with E-state index in [9.17, 15) is 4.79 Å². The molecule has 9 nitrogen and oxygen atoms in total. The molecule has 3 rings (SSSR count). The number of hydrogen-bond donors (Lipinski definition) is 3. The molecule has 0 unspecified atom stereocenters. The van der Waals surface area contributed by atoms with Gasteiger partial charge in [0.2, 0.25) is 0 Å². The van der Waals surface area contributed by atoms with E-state index in [4.69, 9.17) is 10.6 Å². The first-order chi connectivity index (χ1) is 13.9. The van der Waals surface area contributed by atoms with Crippen LogP contribution in [0.25, 0.3) is 0 Å². The number of carbonyl (C=O) groups is 1. The van der Waals surface area contributed by atoms with Crippen molar-refractivity contribution in [2.75, 3.05) is 17.7 Å². The predicted octanol–water partition coefficient (Wildman–Crippen LogP) is 2.82. The molecular formula is C20H22N6O3. The lowest BCUT2D eigenvalue weighted by molar-refractivity contribution is -0.121. The van der Waals surface area contributed by atoms with Gasteiger partial charge in [0.15, 0.2) is 24.0 Å². The van der Waals surface area contributed by atoms with Gasteiger partial charge < -0.3 is 11.1 Å². The first-order valence-electron chi connectivity index (χ1n) is 8.91. The number of para-hydroxylation sites is 1. The Hall–Kier alpha value is -3.72. The number of nitrogens with two attached hydrogens (primary N) is 1. The summed E-state index contributed by atoms with van der Waals surface area (Å²) in [4.78, 5) is 22.0. The van der Waals surface area contributed by atoms with Crippen molar-refractivity contribution in [3.8, 4) is 0 Å². The Bertz CT molecular complexity index is 1010. The molecule has 0 aliphatic heterocycles. The van der Waals surface area contributed by atoms with E-state index in [-0.39, 0.29) is 29.9 Å². The van der Waals surface area contributed by atoms with Gasteiger partial charge in [-0.15, -0.1) is 0 Å². The van der Waals surface area contributed by atoms with Crippen LogP contribution in [-0.2, 0) is 9.63 Å². The first kappa shape index (κ1) is 20.0. The monoisotopic (exact) mass is 394 g/mol. The second-order valence-corrected chi connectivity index (χ2v) is 6.50. The number of hydrogen-bond acceptors (Lipinski definition) is 7. The summed E-state index contributed by atoms with van der Waals surface area (Å²) in [6.45, 7) is 5.57. The Labute approximate surface area is 167 Å². The highest BCUT2D eigenvalue weighted by Crippen LogP contribution is 2.19. The maximum atomic E-state index is 12.3. The number of aromatic nitrogens is 2. The number of carbonyl (C=O) groups excluding carboxylic acids is 1. The van der Waals surface area contributed by atoms with Gasteiger partial charge in [-0.25, -0.2) is 15.1 Å². The van der Waals surface area contributed by atoms with Crippen molar-refractivity contribution in [1.82, 2.24) is 15.8 Å². The lowest BCUT2D eigenvalue weighted by Gasteiger charge is -2.12. The van der Waals surface area contributed by atoms with Crippen LogP contribution in [-0.4, -0.2) is 28.7 Å². The van der Waals surface area contributed by atoms with Gasteiger partial charge in [-0.2, -0.15) is 0 Å². The minimum absolute atomic E-state index is 0.0481. The third kappa shape index (κ3) is 5.17. The van der Waals surface area contributed by atoms with Gasteiger partial charge in [-0.1, -0.05) is 35.9 Å². The molecule has 0 aliphatic rings.